The third-order valence-electron chi connectivity index (χ3n) is 7.65. The number of aryl methyl sites for hydroxylation is 2. The van der Waals surface area contributed by atoms with Gasteiger partial charge in [0.25, 0.3) is 10.0 Å². The van der Waals surface area contributed by atoms with Crippen LogP contribution in [0.25, 0.3) is 0 Å². The molecule has 7 nitrogen and oxygen atoms in total. The van der Waals surface area contributed by atoms with E-state index in [-0.39, 0.29) is 23.4 Å². The topological polar surface area (TPSA) is 86.8 Å². The molecule has 0 radical (unpaired) electrons. The number of sulfonamides is 1. The second-order valence-electron chi connectivity index (χ2n) is 10.8. The summed E-state index contributed by atoms with van der Waals surface area (Å²) in [6.07, 6.45) is 0.154. The number of anilines is 1. The first-order valence-electron chi connectivity index (χ1n) is 14.5. The highest BCUT2D eigenvalue weighted by Crippen LogP contribution is 2.29. The Bertz CT molecular complexity index is 1710. The lowest BCUT2D eigenvalue weighted by molar-refractivity contribution is -0.140. The first-order valence-corrected chi connectivity index (χ1v) is 16.0. The number of hydrogen-bond donors (Lipinski definition) is 1. The Labute approximate surface area is 259 Å². The fourth-order valence-electron chi connectivity index (χ4n) is 5.01. The van der Waals surface area contributed by atoms with Crippen molar-refractivity contribution in [2.45, 2.75) is 51.6 Å². The number of amides is 2. The molecule has 0 heterocycles. The van der Waals surface area contributed by atoms with E-state index in [1.807, 2.05) is 50.2 Å². The summed E-state index contributed by atoms with van der Waals surface area (Å²) in [5.74, 6) is -1.59. The van der Waals surface area contributed by atoms with Crippen LogP contribution >= 0.6 is 0 Å². The number of carbonyl (C=O) groups is 2. The molecule has 0 aliphatic rings. The summed E-state index contributed by atoms with van der Waals surface area (Å²) in [7, 11) is -4.22. The van der Waals surface area contributed by atoms with Crippen LogP contribution in [-0.4, -0.2) is 44.3 Å². The van der Waals surface area contributed by atoms with Crippen molar-refractivity contribution >= 4 is 27.5 Å². The summed E-state index contributed by atoms with van der Waals surface area (Å²) >= 11 is 0. The second kappa shape index (κ2) is 14.3. The lowest BCUT2D eigenvalue weighted by atomic mass is 10.0. The molecule has 0 aromatic heterocycles. The quantitative estimate of drug-likeness (QED) is 0.221. The summed E-state index contributed by atoms with van der Waals surface area (Å²) in [5, 5.41) is 2.81. The Balaban J connectivity index is 1.84. The molecule has 0 bridgehead atoms. The van der Waals surface area contributed by atoms with Crippen molar-refractivity contribution in [3.8, 4) is 0 Å². The molecule has 1 unspecified atom stereocenters. The summed E-state index contributed by atoms with van der Waals surface area (Å²) in [6.45, 7) is 6.80. The Morgan fingerprint density at radius 1 is 0.841 bits per heavy atom. The van der Waals surface area contributed by atoms with Crippen molar-refractivity contribution in [2.75, 3.05) is 17.4 Å². The molecule has 0 aliphatic heterocycles. The predicted molar refractivity (Wildman–Crippen MR) is 171 cm³/mol. The maximum Gasteiger partial charge on any atom is 0.264 e. The highest BCUT2D eigenvalue weighted by molar-refractivity contribution is 7.92. The predicted octanol–water partition coefficient (Wildman–Crippen LogP) is 5.72. The molecular formula is C35H38FN3O4S. The minimum Gasteiger partial charge on any atom is -0.355 e. The number of halogens is 1. The summed E-state index contributed by atoms with van der Waals surface area (Å²) in [5.41, 5.74) is 3.80. The van der Waals surface area contributed by atoms with Gasteiger partial charge in [0, 0.05) is 25.1 Å². The van der Waals surface area contributed by atoms with Gasteiger partial charge in [-0.2, -0.15) is 0 Å². The third-order valence-corrected chi connectivity index (χ3v) is 9.43. The van der Waals surface area contributed by atoms with Crippen molar-refractivity contribution in [3.05, 3.63) is 131 Å². The molecule has 0 saturated heterocycles. The normalized spacial score (nSPS) is 11.9. The third kappa shape index (κ3) is 7.52. The van der Waals surface area contributed by atoms with Gasteiger partial charge < -0.3 is 10.2 Å². The molecule has 2 amide bonds. The van der Waals surface area contributed by atoms with E-state index >= 15 is 0 Å². The molecule has 230 valence electrons. The molecule has 4 aromatic rings. The van der Waals surface area contributed by atoms with Crippen LogP contribution < -0.4 is 9.62 Å². The number of nitrogens with zero attached hydrogens (tertiary/aromatic N) is 2. The summed E-state index contributed by atoms with van der Waals surface area (Å²) < 4.78 is 44.4. The molecule has 0 spiro atoms. The van der Waals surface area contributed by atoms with Crippen LogP contribution in [0.5, 0.6) is 0 Å². The molecule has 44 heavy (non-hydrogen) atoms. The van der Waals surface area contributed by atoms with Gasteiger partial charge in [-0.3, -0.25) is 13.9 Å². The fraction of sp³-hybridized carbons (Fsp3) is 0.257. The summed E-state index contributed by atoms with van der Waals surface area (Å²) in [6, 6.07) is 25.9. The van der Waals surface area contributed by atoms with Gasteiger partial charge in [0.05, 0.1) is 10.6 Å². The van der Waals surface area contributed by atoms with E-state index in [4.69, 9.17) is 0 Å². The van der Waals surface area contributed by atoms with Crippen LogP contribution in [0.2, 0.25) is 0 Å². The van der Waals surface area contributed by atoms with Crippen LogP contribution in [-0.2, 0) is 32.6 Å². The van der Waals surface area contributed by atoms with Crippen molar-refractivity contribution in [1.82, 2.24) is 10.2 Å². The highest BCUT2D eigenvalue weighted by atomic mass is 32.2. The maximum atomic E-state index is 15.0. The molecule has 9 heteroatoms. The Hall–Kier alpha value is -4.50. The fourth-order valence-corrected chi connectivity index (χ4v) is 6.48. The standard InChI is InChI=1S/C35H38FN3O4S/c1-5-37-35(41)33(22-28-13-7-6-8-14-28)38(23-29-15-9-10-16-31(29)36)34(40)24-39(32-17-11-12-26(3)27(32)4)44(42,43)30-20-18-25(2)19-21-30/h6-21,33H,5,22-24H2,1-4H3,(H,37,41). The van der Waals surface area contributed by atoms with Crippen molar-refractivity contribution in [3.63, 3.8) is 0 Å². The number of nitrogens with one attached hydrogen (secondary N) is 1. The maximum absolute atomic E-state index is 15.0. The SMILES string of the molecule is CCNC(=O)C(Cc1ccccc1)N(Cc1ccccc1F)C(=O)CN(c1cccc(C)c1C)S(=O)(=O)c1ccc(C)cc1. The molecule has 4 aromatic carbocycles. The Morgan fingerprint density at radius 3 is 2.16 bits per heavy atom. The number of hydrogen-bond acceptors (Lipinski definition) is 4. The highest BCUT2D eigenvalue weighted by Gasteiger charge is 2.35. The van der Waals surface area contributed by atoms with Gasteiger partial charge >= 0.3 is 0 Å². The molecule has 0 saturated carbocycles. The lowest BCUT2D eigenvalue weighted by Gasteiger charge is -2.34. The minimum absolute atomic E-state index is 0.0296. The number of benzene rings is 4. The number of carbonyl (C=O) groups excluding carboxylic acids is 2. The average molecular weight is 616 g/mol. The van der Waals surface area contributed by atoms with Gasteiger partial charge in [0.15, 0.2) is 0 Å². The first kappa shape index (κ1) is 32.4. The monoisotopic (exact) mass is 615 g/mol. The Morgan fingerprint density at radius 2 is 1.50 bits per heavy atom. The van der Waals surface area contributed by atoms with E-state index in [0.717, 1.165) is 21.0 Å². The largest absolute Gasteiger partial charge is 0.355 e. The van der Waals surface area contributed by atoms with Gasteiger partial charge in [-0.1, -0.05) is 78.4 Å². The number of likely N-dealkylation sites (N-methyl/N-ethyl adjacent to an activating group) is 1. The zero-order chi connectivity index (χ0) is 31.9. The van der Waals surface area contributed by atoms with Crippen molar-refractivity contribution in [1.29, 1.82) is 0 Å². The summed E-state index contributed by atoms with van der Waals surface area (Å²) in [4.78, 5) is 29.3. The molecular weight excluding hydrogens is 577 g/mol. The van der Waals surface area contributed by atoms with Crippen LogP contribution in [0.4, 0.5) is 10.1 Å². The molecule has 1 atom stereocenters. The zero-order valence-corrected chi connectivity index (χ0v) is 26.3. The van der Waals surface area contributed by atoms with Gasteiger partial charge in [-0.15, -0.1) is 0 Å². The smallest absolute Gasteiger partial charge is 0.264 e. The zero-order valence-electron chi connectivity index (χ0n) is 25.5. The van der Waals surface area contributed by atoms with Crippen LogP contribution in [0.15, 0.2) is 102 Å². The van der Waals surface area contributed by atoms with Gasteiger partial charge in [0.1, 0.15) is 18.4 Å². The van der Waals surface area contributed by atoms with Crippen LogP contribution in [0.1, 0.15) is 34.7 Å². The van der Waals surface area contributed by atoms with Crippen molar-refractivity contribution in [2.24, 2.45) is 0 Å². The van der Waals surface area contributed by atoms with Crippen LogP contribution in [0, 0.1) is 26.6 Å². The lowest BCUT2D eigenvalue weighted by Crippen LogP contribution is -2.53. The van der Waals surface area contributed by atoms with E-state index in [2.05, 4.69) is 5.32 Å². The van der Waals surface area contributed by atoms with E-state index < -0.39 is 40.2 Å². The Kier molecular flexibility index (Phi) is 10.5. The van der Waals surface area contributed by atoms with Gasteiger partial charge in [0.2, 0.25) is 11.8 Å². The van der Waals surface area contributed by atoms with Crippen molar-refractivity contribution < 1.29 is 22.4 Å². The average Bonchev–Trinajstić information content (AvgIpc) is 3.01. The van der Waals surface area contributed by atoms with E-state index in [9.17, 15) is 22.4 Å². The van der Waals surface area contributed by atoms with E-state index in [0.29, 0.717) is 17.8 Å². The molecule has 0 fully saturated rings. The minimum atomic E-state index is -4.22. The first-order chi connectivity index (χ1) is 21.0. The number of rotatable bonds is 12. The second-order valence-corrected chi connectivity index (χ2v) is 12.6. The van der Waals surface area contributed by atoms with Gasteiger partial charge in [-0.25, -0.2) is 12.8 Å². The molecule has 4 rings (SSSR count). The van der Waals surface area contributed by atoms with Gasteiger partial charge in [-0.05, 0) is 68.7 Å². The van der Waals surface area contributed by atoms with E-state index in [1.165, 1.54) is 23.1 Å². The molecule has 1 N–H and O–H groups in total. The van der Waals surface area contributed by atoms with E-state index in [1.54, 1.807) is 56.3 Å². The van der Waals surface area contributed by atoms with Crippen LogP contribution in [0.3, 0.4) is 0 Å². The molecule has 0 aliphatic carbocycles.